The summed E-state index contributed by atoms with van der Waals surface area (Å²) in [6.07, 6.45) is 2.39. The summed E-state index contributed by atoms with van der Waals surface area (Å²) in [7, 11) is 0. The number of hydrogen-bond donors (Lipinski definition) is 1. The van der Waals surface area contributed by atoms with Gasteiger partial charge >= 0.3 is 17.9 Å². The maximum absolute atomic E-state index is 12.0. The fourth-order valence-electron chi connectivity index (χ4n) is 6.30. The van der Waals surface area contributed by atoms with Crippen molar-refractivity contribution in [2.24, 2.45) is 17.8 Å². The quantitative estimate of drug-likeness (QED) is 0.373. The van der Waals surface area contributed by atoms with E-state index in [2.05, 4.69) is 0 Å². The average Bonchev–Trinajstić information content (AvgIpc) is 3.03. The van der Waals surface area contributed by atoms with Crippen molar-refractivity contribution in [1.82, 2.24) is 0 Å². The van der Waals surface area contributed by atoms with E-state index in [0.717, 1.165) is 11.1 Å². The third-order valence-electron chi connectivity index (χ3n) is 7.46. The van der Waals surface area contributed by atoms with Crippen molar-refractivity contribution in [3.63, 3.8) is 0 Å². The van der Waals surface area contributed by atoms with Gasteiger partial charge in [-0.25, -0.2) is 0 Å². The summed E-state index contributed by atoms with van der Waals surface area (Å²) < 4.78 is 23.6. The molecule has 0 aromatic carbocycles. The Kier molecular flexibility index (Phi) is 7.35. The second-order valence-corrected chi connectivity index (χ2v) is 10.7. The molecule has 2 aliphatic heterocycles. The van der Waals surface area contributed by atoms with Crippen LogP contribution >= 0.6 is 0 Å². The van der Waals surface area contributed by atoms with Gasteiger partial charge < -0.3 is 24.1 Å². The molecule has 34 heavy (non-hydrogen) atoms. The first kappa shape index (κ1) is 26.4. The van der Waals surface area contributed by atoms with Crippen LogP contribution in [0.2, 0.25) is 0 Å². The van der Waals surface area contributed by atoms with Crippen LogP contribution in [0, 0.1) is 17.8 Å². The number of aliphatic hydroxyl groups is 1. The van der Waals surface area contributed by atoms with Gasteiger partial charge in [-0.15, -0.1) is 0 Å². The standard InChI is InChI=1S/C26H38O8/c1-13-9-10-20(32-16(4)28)26(8,30)24-22-21(18(11-13)33-24)14(2)12-19(31-15(3)27)23(22)25(6,7)34-17(5)29/h9,12,18-24,30H,10-11H2,1-8H3/b13-9+/t18-,19+,20-,21+,22-,23-,24-,26+/m0/s1. The summed E-state index contributed by atoms with van der Waals surface area (Å²) in [4.78, 5) is 36.0. The van der Waals surface area contributed by atoms with Crippen molar-refractivity contribution in [2.45, 2.75) is 104 Å². The summed E-state index contributed by atoms with van der Waals surface area (Å²) in [6, 6.07) is 0. The molecule has 0 aromatic heterocycles. The molecule has 2 bridgehead atoms. The van der Waals surface area contributed by atoms with Crippen molar-refractivity contribution in [2.75, 3.05) is 0 Å². The Morgan fingerprint density at radius 2 is 1.71 bits per heavy atom. The molecule has 0 saturated carbocycles. The van der Waals surface area contributed by atoms with Gasteiger partial charge in [0.05, 0.1) is 12.2 Å². The molecule has 1 saturated heterocycles. The molecule has 8 atom stereocenters. The van der Waals surface area contributed by atoms with Crippen molar-refractivity contribution < 1.29 is 38.4 Å². The van der Waals surface area contributed by atoms with Gasteiger partial charge in [0.25, 0.3) is 0 Å². The van der Waals surface area contributed by atoms with E-state index in [1.807, 2.05) is 26.0 Å². The molecule has 3 rings (SSSR count). The predicted octanol–water partition coefficient (Wildman–Crippen LogP) is 3.26. The molecule has 0 spiro atoms. The topological polar surface area (TPSA) is 108 Å². The molecule has 1 fully saturated rings. The number of fused-ring (bicyclic) bond motifs is 5. The van der Waals surface area contributed by atoms with Crippen LogP contribution in [0.1, 0.15) is 68.2 Å². The van der Waals surface area contributed by atoms with Crippen LogP contribution in [0.4, 0.5) is 0 Å². The van der Waals surface area contributed by atoms with Gasteiger partial charge in [-0.3, -0.25) is 14.4 Å². The summed E-state index contributed by atoms with van der Waals surface area (Å²) in [5, 5.41) is 11.9. The molecular weight excluding hydrogens is 440 g/mol. The molecule has 0 amide bonds. The maximum atomic E-state index is 12.0. The highest BCUT2D eigenvalue weighted by atomic mass is 16.6. The van der Waals surface area contributed by atoms with E-state index in [1.54, 1.807) is 20.8 Å². The van der Waals surface area contributed by atoms with Gasteiger partial charge in [0.15, 0.2) is 0 Å². The predicted molar refractivity (Wildman–Crippen MR) is 123 cm³/mol. The molecule has 0 unspecified atom stereocenters. The van der Waals surface area contributed by atoms with E-state index < -0.39 is 53.3 Å². The van der Waals surface area contributed by atoms with E-state index in [-0.39, 0.29) is 17.9 Å². The first-order chi connectivity index (χ1) is 15.6. The monoisotopic (exact) mass is 478 g/mol. The highest BCUT2D eigenvalue weighted by molar-refractivity contribution is 5.67. The minimum Gasteiger partial charge on any atom is -0.459 e. The lowest BCUT2D eigenvalue weighted by molar-refractivity contribution is -0.201. The minimum atomic E-state index is -1.55. The normalized spacial score (nSPS) is 39.3. The zero-order valence-electron chi connectivity index (χ0n) is 21.4. The molecule has 1 N–H and O–H groups in total. The van der Waals surface area contributed by atoms with Crippen molar-refractivity contribution in [1.29, 1.82) is 0 Å². The van der Waals surface area contributed by atoms with Gasteiger partial charge in [0.2, 0.25) is 0 Å². The third kappa shape index (κ3) is 5.08. The van der Waals surface area contributed by atoms with Gasteiger partial charge in [0.1, 0.15) is 23.4 Å². The van der Waals surface area contributed by atoms with Crippen LogP contribution in [-0.4, -0.2) is 58.6 Å². The number of carbonyl (C=O) groups is 3. The number of ether oxygens (including phenoxy) is 4. The summed E-state index contributed by atoms with van der Waals surface area (Å²) in [5.74, 6) is -2.37. The van der Waals surface area contributed by atoms with Crippen molar-refractivity contribution >= 4 is 17.9 Å². The van der Waals surface area contributed by atoms with Crippen LogP contribution in [0.25, 0.3) is 0 Å². The number of carbonyl (C=O) groups excluding carboxylic acids is 3. The fraction of sp³-hybridized carbons (Fsp3) is 0.731. The average molecular weight is 479 g/mol. The van der Waals surface area contributed by atoms with Crippen LogP contribution in [0.3, 0.4) is 0 Å². The van der Waals surface area contributed by atoms with E-state index in [4.69, 9.17) is 18.9 Å². The SMILES string of the molecule is CC(=O)O[C@H]1C/C=C(\C)C[C@@H]2O[C@@H]([C@H]3[C@@H]2C(C)=C[C@@H](OC(C)=O)[C@@H]3C(C)(C)OC(C)=O)[C@]1(C)O. The molecular formula is C26H38O8. The molecule has 2 heterocycles. The summed E-state index contributed by atoms with van der Waals surface area (Å²) in [6.45, 7) is 13.2. The van der Waals surface area contributed by atoms with E-state index in [9.17, 15) is 19.5 Å². The number of hydrogen-bond acceptors (Lipinski definition) is 8. The summed E-state index contributed by atoms with van der Waals surface area (Å²) >= 11 is 0. The lowest BCUT2D eigenvalue weighted by Gasteiger charge is -2.49. The first-order valence-electron chi connectivity index (χ1n) is 11.9. The Balaban J connectivity index is 2.19. The molecule has 0 radical (unpaired) electrons. The first-order valence-corrected chi connectivity index (χ1v) is 11.9. The zero-order chi connectivity index (χ0) is 25.6. The van der Waals surface area contributed by atoms with E-state index in [1.165, 1.54) is 20.8 Å². The Labute approximate surface area is 201 Å². The van der Waals surface area contributed by atoms with Crippen LogP contribution in [0.15, 0.2) is 23.3 Å². The molecule has 8 nitrogen and oxygen atoms in total. The fourth-order valence-corrected chi connectivity index (χ4v) is 6.30. The molecule has 1 aliphatic carbocycles. The Bertz CT molecular complexity index is 898. The zero-order valence-corrected chi connectivity index (χ0v) is 21.4. The van der Waals surface area contributed by atoms with Gasteiger partial charge in [-0.2, -0.15) is 0 Å². The Hall–Kier alpha value is -2.19. The summed E-state index contributed by atoms with van der Waals surface area (Å²) in [5.41, 5.74) is -0.519. The highest BCUT2D eigenvalue weighted by Gasteiger charge is 2.63. The van der Waals surface area contributed by atoms with Crippen LogP contribution in [-0.2, 0) is 33.3 Å². The third-order valence-corrected chi connectivity index (χ3v) is 7.46. The second kappa shape index (κ2) is 9.46. The molecule has 0 aromatic rings. The minimum absolute atomic E-state index is 0.109. The van der Waals surface area contributed by atoms with Crippen molar-refractivity contribution in [3.8, 4) is 0 Å². The lowest BCUT2D eigenvalue weighted by atomic mass is 9.60. The van der Waals surface area contributed by atoms with Gasteiger partial charge in [-0.1, -0.05) is 17.2 Å². The highest BCUT2D eigenvalue weighted by Crippen LogP contribution is 2.55. The maximum Gasteiger partial charge on any atom is 0.303 e. The van der Waals surface area contributed by atoms with Crippen molar-refractivity contribution in [3.05, 3.63) is 23.3 Å². The largest absolute Gasteiger partial charge is 0.459 e. The second-order valence-electron chi connectivity index (χ2n) is 10.7. The van der Waals surface area contributed by atoms with E-state index in [0.29, 0.717) is 12.8 Å². The Morgan fingerprint density at radius 3 is 2.26 bits per heavy atom. The molecule has 8 heteroatoms. The molecule has 3 aliphatic rings. The Morgan fingerprint density at radius 1 is 1.09 bits per heavy atom. The van der Waals surface area contributed by atoms with E-state index >= 15 is 0 Å². The van der Waals surface area contributed by atoms with Gasteiger partial charge in [0, 0.05) is 44.9 Å². The number of rotatable bonds is 4. The van der Waals surface area contributed by atoms with Crippen LogP contribution < -0.4 is 0 Å². The molecule has 190 valence electrons. The smallest absolute Gasteiger partial charge is 0.303 e. The lowest BCUT2D eigenvalue weighted by Crippen LogP contribution is -2.60. The number of esters is 3. The van der Waals surface area contributed by atoms with Gasteiger partial charge in [-0.05, 0) is 47.1 Å². The van der Waals surface area contributed by atoms with Crippen LogP contribution in [0.5, 0.6) is 0 Å².